The normalized spacial score (nSPS) is 20.6. The highest BCUT2D eigenvalue weighted by Crippen LogP contribution is 2.40. The third-order valence-electron chi connectivity index (χ3n) is 4.82. The number of fused-ring (bicyclic) bond motifs is 1. The van der Waals surface area contributed by atoms with Crippen molar-refractivity contribution in [2.24, 2.45) is 5.92 Å². The molecule has 2 aliphatic rings. The number of allylic oxidation sites excluding steroid dienone is 1. The van der Waals surface area contributed by atoms with Gasteiger partial charge in [0.15, 0.2) is 0 Å². The number of cyclic esters (lactones) is 1. The van der Waals surface area contributed by atoms with Gasteiger partial charge in [0.05, 0.1) is 38.0 Å². The molecule has 7 heteroatoms. The molecule has 0 bridgehead atoms. The molecule has 3 N–H and O–H groups in total. The molecule has 0 saturated carbocycles. The van der Waals surface area contributed by atoms with Crippen LogP contribution in [-0.4, -0.2) is 37.4 Å². The Kier molecular flexibility index (Phi) is 4.67. The number of rotatable bonds is 5. The number of aliphatic carboxylic acids is 1. The van der Waals surface area contributed by atoms with Crippen LogP contribution in [0.3, 0.4) is 0 Å². The Bertz CT molecular complexity index is 768. The first-order valence-corrected chi connectivity index (χ1v) is 8.07. The van der Waals surface area contributed by atoms with Crippen LogP contribution in [0.2, 0.25) is 0 Å². The number of hydrogen-bond donors (Lipinski definition) is 2. The quantitative estimate of drug-likeness (QED) is 0.475. The molecular formula is C18H21NO6. The van der Waals surface area contributed by atoms with Crippen molar-refractivity contribution in [1.29, 1.82) is 0 Å². The molecule has 25 heavy (non-hydrogen) atoms. The highest BCUT2D eigenvalue weighted by atomic mass is 16.5. The van der Waals surface area contributed by atoms with Crippen LogP contribution in [0.25, 0.3) is 0 Å². The monoisotopic (exact) mass is 347 g/mol. The van der Waals surface area contributed by atoms with Crippen molar-refractivity contribution >= 4 is 17.6 Å². The van der Waals surface area contributed by atoms with E-state index in [2.05, 4.69) is 0 Å². The minimum Gasteiger partial charge on any atom is -0.496 e. The number of anilines is 1. The van der Waals surface area contributed by atoms with E-state index in [9.17, 15) is 9.59 Å². The summed E-state index contributed by atoms with van der Waals surface area (Å²) in [5, 5.41) is 9.00. The van der Waals surface area contributed by atoms with E-state index in [0.29, 0.717) is 42.2 Å². The zero-order valence-electron chi connectivity index (χ0n) is 14.3. The molecule has 2 heterocycles. The number of nitrogens with two attached hydrogens (primary N) is 1. The number of ether oxygens (including phenoxy) is 3. The van der Waals surface area contributed by atoms with E-state index < -0.39 is 11.9 Å². The number of nitrogen functional groups attached to an aromatic ring is 1. The smallest absolute Gasteiger partial charge is 0.341 e. The second-order valence-electron chi connectivity index (χ2n) is 6.27. The van der Waals surface area contributed by atoms with Crippen molar-refractivity contribution in [3.8, 4) is 5.75 Å². The third-order valence-corrected chi connectivity index (χ3v) is 4.82. The lowest BCUT2D eigenvalue weighted by atomic mass is 9.92. The first kappa shape index (κ1) is 17.3. The Hall–Kier alpha value is -2.54. The van der Waals surface area contributed by atoms with Gasteiger partial charge in [-0.1, -0.05) is 6.08 Å². The molecule has 0 aliphatic carbocycles. The molecule has 0 aromatic heterocycles. The Morgan fingerprint density at radius 2 is 2.20 bits per heavy atom. The number of carbonyl (C=O) groups is 2. The number of carbonyl (C=O) groups excluding carboxylic acids is 1. The third kappa shape index (κ3) is 3.07. The van der Waals surface area contributed by atoms with Crippen LogP contribution < -0.4 is 10.5 Å². The lowest BCUT2D eigenvalue weighted by molar-refractivity contribution is -0.137. The Morgan fingerprint density at radius 1 is 1.44 bits per heavy atom. The lowest BCUT2D eigenvalue weighted by Crippen LogP contribution is -2.10. The Balaban J connectivity index is 1.96. The zero-order chi connectivity index (χ0) is 18.1. The molecule has 1 atom stereocenters. The first-order valence-electron chi connectivity index (χ1n) is 8.07. The summed E-state index contributed by atoms with van der Waals surface area (Å²) in [6.45, 7) is 2.89. The maximum absolute atomic E-state index is 12.0. The number of hydrogen-bond acceptors (Lipinski definition) is 6. The van der Waals surface area contributed by atoms with E-state index in [1.807, 2.05) is 13.0 Å². The van der Waals surface area contributed by atoms with Crippen LogP contribution in [0.1, 0.15) is 33.5 Å². The fraction of sp³-hybridized carbons (Fsp3) is 0.444. The van der Waals surface area contributed by atoms with Gasteiger partial charge in [0.1, 0.15) is 12.4 Å². The first-order chi connectivity index (χ1) is 11.9. The van der Waals surface area contributed by atoms with Gasteiger partial charge in [-0.15, -0.1) is 0 Å². The van der Waals surface area contributed by atoms with E-state index in [0.717, 1.165) is 16.7 Å². The Morgan fingerprint density at radius 3 is 2.88 bits per heavy atom. The summed E-state index contributed by atoms with van der Waals surface area (Å²) in [4.78, 5) is 22.9. The predicted octanol–water partition coefficient (Wildman–Crippen LogP) is 1.85. The molecule has 1 aromatic carbocycles. The lowest BCUT2D eigenvalue weighted by Gasteiger charge is -2.17. The minimum atomic E-state index is -0.852. The Labute approximate surface area is 145 Å². The van der Waals surface area contributed by atoms with E-state index in [1.54, 1.807) is 7.11 Å². The molecule has 0 spiro atoms. The second kappa shape index (κ2) is 6.76. The average Bonchev–Trinajstić information content (AvgIpc) is 3.15. The number of methoxy groups -OCH3 is 1. The summed E-state index contributed by atoms with van der Waals surface area (Å²) in [6, 6.07) is 0. The van der Waals surface area contributed by atoms with Gasteiger partial charge >= 0.3 is 11.9 Å². The van der Waals surface area contributed by atoms with Crippen molar-refractivity contribution in [2.45, 2.75) is 26.4 Å². The minimum absolute atomic E-state index is 0.0357. The van der Waals surface area contributed by atoms with Crippen molar-refractivity contribution in [3.63, 3.8) is 0 Å². The van der Waals surface area contributed by atoms with Gasteiger partial charge < -0.3 is 25.1 Å². The van der Waals surface area contributed by atoms with Gasteiger partial charge in [0.25, 0.3) is 0 Å². The van der Waals surface area contributed by atoms with Crippen molar-refractivity contribution < 1.29 is 28.9 Å². The molecule has 7 nitrogen and oxygen atoms in total. The summed E-state index contributed by atoms with van der Waals surface area (Å²) >= 11 is 0. The molecular weight excluding hydrogens is 326 g/mol. The fourth-order valence-electron chi connectivity index (χ4n) is 3.49. The SMILES string of the molecule is COc1c(C)c2c(c(N)c1C/C=C1/COCC1CC(=O)O)C(=O)OC2. The summed E-state index contributed by atoms with van der Waals surface area (Å²) in [5.74, 6) is -0.764. The van der Waals surface area contributed by atoms with Gasteiger partial charge in [-0.2, -0.15) is 0 Å². The number of benzene rings is 1. The summed E-state index contributed by atoms with van der Waals surface area (Å²) < 4.78 is 16.0. The molecule has 1 saturated heterocycles. The summed E-state index contributed by atoms with van der Waals surface area (Å²) in [6.07, 6.45) is 2.40. The number of esters is 1. The van der Waals surface area contributed by atoms with Crippen molar-refractivity contribution in [1.82, 2.24) is 0 Å². The van der Waals surface area contributed by atoms with Gasteiger partial charge in [-0.05, 0) is 24.5 Å². The zero-order valence-corrected chi connectivity index (χ0v) is 14.3. The molecule has 1 unspecified atom stereocenters. The van der Waals surface area contributed by atoms with Crippen LogP contribution in [0, 0.1) is 12.8 Å². The van der Waals surface area contributed by atoms with Gasteiger partial charge in [-0.25, -0.2) is 4.79 Å². The maximum Gasteiger partial charge on any atom is 0.341 e. The highest BCUT2D eigenvalue weighted by molar-refractivity contribution is 6.00. The number of carboxylic acid groups (broad SMARTS) is 1. The van der Waals surface area contributed by atoms with Gasteiger partial charge in [-0.3, -0.25) is 4.79 Å². The van der Waals surface area contributed by atoms with Crippen LogP contribution >= 0.6 is 0 Å². The molecule has 1 aromatic rings. The second-order valence-corrected chi connectivity index (χ2v) is 6.27. The maximum atomic E-state index is 12.0. The summed E-state index contributed by atoms with van der Waals surface area (Å²) in [7, 11) is 1.56. The average molecular weight is 347 g/mol. The van der Waals surface area contributed by atoms with Crippen LogP contribution in [-0.2, 0) is 27.3 Å². The topological polar surface area (TPSA) is 108 Å². The van der Waals surface area contributed by atoms with E-state index in [1.165, 1.54) is 0 Å². The molecule has 1 fully saturated rings. The van der Waals surface area contributed by atoms with E-state index in [4.69, 9.17) is 25.1 Å². The van der Waals surface area contributed by atoms with Crippen LogP contribution in [0.5, 0.6) is 5.75 Å². The van der Waals surface area contributed by atoms with E-state index in [-0.39, 0.29) is 18.9 Å². The standard InChI is InChI=1S/C18H21NO6/c1-9-13-8-25-18(22)15(13)16(19)12(17(9)23-2)4-3-10-6-24-7-11(10)5-14(20)21/h3,11H,4-8,19H2,1-2H3,(H,20,21)/b10-3-. The van der Waals surface area contributed by atoms with Gasteiger partial charge in [0.2, 0.25) is 0 Å². The molecule has 2 aliphatic heterocycles. The highest BCUT2D eigenvalue weighted by Gasteiger charge is 2.31. The van der Waals surface area contributed by atoms with Crippen LogP contribution in [0.15, 0.2) is 11.6 Å². The van der Waals surface area contributed by atoms with E-state index >= 15 is 0 Å². The largest absolute Gasteiger partial charge is 0.496 e. The molecule has 3 rings (SSSR count). The van der Waals surface area contributed by atoms with Crippen molar-refractivity contribution in [2.75, 3.05) is 26.1 Å². The van der Waals surface area contributed by atoms with Crippen LogP contribution in [0.4, 0.5) is 5.69 Å². The van der Waals surface area contributed by atoms with Gasteiger partial charge in [0, 0.05) is 17.0 Å². The fourth-order valence-corrected chi connectivity index (χ4v) is 3.49. The number of carboxylic acids is 1. The molecule has 134 valence electrons. The predicted molar refractivity (Wildman–Crippen MR) is 89.6 cm³/mol. The molecule has 0 amide bonds. The summed E-state index contributed by atoms with van der Waals surface area (Å²) in [5.41, 5.74) is 10.3. The van der Waals surface area contributed by atoms with Crippen molar-refractivity contribution in [3.05, 3.63) is 33.9 Å². The molecule has 0 radical (unpaired) electrons.